The van der Waals surface area contributed by atoms with E-state index in [0.29, 0.717) is 17.1 Å². The predicted octanol–water partition coefficient (Wildman–Crippen LogP) is -0.0222. The van der Waals surface area contributed by atoms with Gasteiger partial charge in [0.05, 0.1) is 24.2 Å². The molecule has 0 atom stereocenters. The predicted molar refractivity (Wildman–Crippen MR) is 63.9 cm³/mol. The molecule has 0 unspecified atom stereocenters. The zero-order chi connectivity index (χ0) is 12.2. The van der Waals surface area contributed by atoms with Crippen LogP contribution in [0.25, 0.3) is 0 Å². The van der Waals surface area contributed by atoms with Gasteiger partial charge in [0.25, 0.3) is 0 Å². The van der Waals surface area contributed by atoms with Crippen LogP contribution in [-0.2, 0) is 10.0 Å². The van der Waals surface area contributed by atoms with Gasteiger partial charge in [-0.25, -0.2) is 13.6 Å². The van der Waals surface area contributed by atoms with E-state index in [1.165, 1.54) is 7.11 Å². The Morgan fingerprint density at radius 3 is 2.69 bits per heavy atom. The molecule has 0 aliphatic rings. The van der Waals surface area contributed by atoms with Gasteiger partial charge in [0, 0.05) is 6.54 Å². The summed E-state index contributed by atoms with van der Waals surface area (Å²) in [4.78, 5) is 0. The summed E-state index contributed by atoms with van der Waals surface area (Å²) in [7, 11) is -1.94. The molecule has 0 saturated heterocycles. The summed E-state index contributed by atoms with van der Waals surface area (Å²) < 4.78 is 26.4. The molecule has 0 bridgehead atoms. The Bertz CT molecular complexity index is 459. The van der Waals surface area contributed by atoms with Gasteiger partial charge in [-0.15, -0.1) is 0 Å². The number of ether oxygens (including phenoxy) is 1. The van der Waals surface area contributed by atoms with Crippen LogP contribution in [0, 0.1) is 0 Å². The molecular weight excluding hydrogens is 230 g/mol. The van der Waals surface area contributed by atoms with Crippen molar-refractivity contribution in [2.75, 3.05) is 30.5 Å². The van der Waals surface area contributed by atoms with Crippen molar-refractivity contribution < 1.29 is 13.2 Å². The Kier molecular flexibility index (Phi) is 3.97. The number of anilines is 2. The Labute approximate surface area is 94.6 Å². The number of hydrogen-bond acceptors (Lipinski definition) is 5. The van der Waals surface area contributed by atoms with E-state index in [4.69, 9.17) is 15.6 Å². The van der Waals surface area contributed by atoms with Crippen LogP contribution in [0.15, 0.2) is 18.2 Å². The fourth-order valence-corrected chi connectivity index (χ4v) is 1.59. The second kappa shape index (κ2) is 5.04. The summed E-state index contributed by atoms with van der Waals surface area (Å²) in [6, 6.07) is 5.22. The Morgan fingerprint density at radius 1 is 1.44 bits per heavy atom. The van der Waals surface area contributed by atoms with Gasteiger partial charge in [-0.2, -0.15) is 0 Å². The lowest BCUT2D eigenvalue weighted by atomic mass is 10.2. The first-order valence-corrected chi connectivity index (χ1v) is 6.32. The summed E-state index contributed by atoms with van der Waals surface area (Å²) in [5.41, 5.74) is 6.85. The minimum Gasteiger partial charge on any atom is -0.495 e. The number of rotatable bonds is 5. The lowest BCUT2D eigenvalue weighted by Crippen LogP contribution is -2.22. The van der Waals surface area contributed by atoms with Crippen molar-refractivity contribution in [2.24, 2.45) is 5.14 Å². The molecule has 0 aliphatic heterocycles. The molecule has 0 aromatic heterocycles. The molecule has 1 rings (SSSR count). The standard InChI is InChI=1S/C9H15N3O3S/c1-15-8-4-2-3-7(9(8)10)12-5-6-16(11,13)14/h2-4,12H,5-6,10H2,1H3,(H2,11,13,14). The lowest BCUT2D eigenvalue weighted by Gasteiger charge is -2.11. The Balaban J connectivity index is 2.68. The quantitative estimate of drug-likeness (QED) is 0.632. The maximum absolute atomic E-state index is 10.7. The van der Waals surface area contributed by atoms with Crippen LogP contribution in [0.3, 0.4) is 0 Å². The lowest BCUT2D eigenvalue weighted by molar-refractivity contribution is 0.417. The van der Waals surface area contributed by atoms with Gasteiger partial charge in [0.15, 0.2) is 0 Å². The minimum absolute atomic E-state index is 0.149. The summed E-state index contributed by atoms with van der Waals surface area (Å²) in [5.74, 6) is 0.393. The van der Waals surface area contributed by atoms with Crippen molar-refractivity contribution in [1.29, 1.82) is 0 Å². The van der Waals surface area contributed by atoms with Crippen LogP contribution >= 0.6 is 0 Å². The molecule has 0 heterocycles. The van der Waals surface area contributed by atoms with E-state index < -0.39 is 10.0 Å². The number of benzene rings is 1. The van der Waals surface area contributed by atoms with E-state index in [1.54, 1.807) is 18.2 Å². The molecular formula is C9H15N3O3S. The number of methoxy groups -OCH3 is 1. The molecule has 5 N–H and O–H groups in total. The zero-order valence-corrected chi connectivity index (χ0v) is 9.75. The van der Waals surface area contributed by atoms with Gasteiger partial charge in [0.1, 0.15) is 5.75 Å². The number of nitrogens with two attached hydrogens (primary N) is 2. The van der Waals surface area contributed by atoms with Crippen LogP contribution in [0.5, 0.6) is 5.75 Å². The third-order valence-electron chi connectivity index (χ3n) is 1.99. The zero-order valence-electron chi connectivity index (χ0n) is 8.93. The number of hydrogen-bond donors (Lipinski definition) is 3. The summed E-state index contributed by atoms with van der Waals surface area (Å²) in [5, 5.41) is 7.75. The van der Waals surface area contributed by atoms with E-state index in [2.05, 4.69) is 5.32 Å². The third kappa shape index (κ3) is 3.59. The third-order valence-corrected chi connectivity index (χ3v) is 2.76. The number of primary sulfonamides is 1. The number of nitrogen functional groups attached to an aromatic ring is 1. The number of nitrogens with one attached hydrogen (secondary N) is 1. The molecule has 0 radical (unpaired) electrons. The summed E-state index contributed by atoms with van der Waals surface area (Å²) in [6.07, 6.45) is 0. The SMILES string of the molecule is COc1cccc(NCCS(N)(=O)=O)c1N. The Hall–Kier alpha value is -1.47. The Morgan fingerprint density at radius 2 is 2.12 bits per heavy atom. The highest BCUT2D eigenvalue weighted by Gasteiger charge is 2.06. The van der Waals surface area contributed by atoms with Crippen molar-refractivity contribution in [1.82, 2.24) is 0 Å². The normalized spacial score (nSPS) is 11.1. The molecule has 0 amide bonds. The first-order valence-electron chi connectivity index (χ1n) is 4.61. The summed E-state index contributed by atoms with van der Waals surface area (Å²) in [6.45, 7) is 0.205. The van der Waals surface area contributed by atoms with Gasteiger partial charge in [-0.3, -0.25) is 0 Å². The highest BCUT2D eigenvalue weighted by atomic mass is 32.2. The highest BCUT2D eigenvalue weighted by molar-refractivity contribution is 7.89. The maximum Gasteiger partial charge on any atom is 0.210 e. The van der Waals surface area contributed by atoms with Gasteiger partial charge < -0.3 is 15.8 Å². The highest BCUT2D eigenvalue weighted by Crippen LogP contribution is 2.28. The second-order valence-electron chi connectivity index (χ2n) is 3.22. The van der Waals surface area contributed by atoms with Crippen LogP contribution in [0.2, 0.25) is 0 Å². The maximum atomic E-state index is 10.7. The number of para-hydroxylation sites is 1. The van der Waals surface area contributed by atoms with Gasteiger partial charge in [0.2, 0.25) is 10.0 Å². The molecule has 90 valence electrons. The fourth-order valence-electron chi connectivity index (χ4n) is 1.20. The average Bonchev–Trinajstić information content (AvgIpc) is 2.19. The van der Waals surface area contributed by atoms with Crippen molar-refractivity contribution in [2.45, 2.75) is 0 Å². The van der Waals surface area contributed by atoms with Crippen LogP contribution < -0.4 is 20.9 Å². The van der Waals surface area contributed by atoms with Gasteiger partial charge in [-0.1, -0.05) is 6.07 Å². The van der Waals surface area contributed by atoms with Crippen molar-refractivity contribution in [3.05, 3.63) is 18.2 Å². The smallest absolute Gasteiger partial charge is 0.210 e. The van der Waals surface area contributed by atoms with Crippen molar-refractivity contribution in [3.63, 3.8) is 0 Å². The van der Waals surface area contributed by atoms with Gasteiger partial charge in [-0.05, 0) is 12.1 Å². The van der Waals surface area contributed by atoms with E-state index in [-0.39, 0.29) is 12.3 Å². The minimum atomic E-state index is -3.46. The molecule has 1 aromatic rings. The van der Waals surface area contributed by atoms with Crippen molar-refractivity contribution in [3.8, 4) is 5.75 Å². The van der Waals surface area contributed by atoms with E-state index in [1.807, 2.05) is 0 Å². The van der Waals surface area contributed by atoms with Crippen LogP contribution in [-0.4, -0.2) is 27.8 Å². The monoisotopic (exact) mass is 245 g/mol. The molecule has 0 aliphatic carbocycles. The second-order valence-corrected chi connectivity index (χ2v) is 4.95. The topological polar surface area (TPSA) is 107 Å². The molecule has 0 spiro atoms. The molecule has 0 saturated carbocycles. The molecule has 6 nitrogen and oxygen atoms in total. The van der Waals surface area contributed by atoms with Crippen molar-refractivity contribution >= 4 is 21.4 Å². The van der Waals surface area contributed by atoms with E-state index in [0.717, 1.165) is 0 Å². The van der Waals surface area contributed by atoms with E-state index in [9.17, 15) is 8.42 Å². The summed E-state index contributed by atoms with van der Waals surface area (Å²) >= 11 is 0. The van der Waals surface area contributed by atoms with E-state index >= 15 is 0 Å². The number of sulfonamides is 1. The molecule has 7 heteroatoms. The van der Waals surface area contributed by atoms with Gasteiger partial charge >= 0.3 is 0 Å². The molecule has 16 heavy (non-hydrogen) atoms. The van der Waals surface area contributed by atoms with Crippen LogP contribution in [0.1, 0.15) is 0 Å². The van der Waals surface area contributed by atoms with Crippen LogP contribution in [0.4, 0.5) is 11.4 Å². The average molecular weight is 245 g/mol. The fraction of sp³-hybridized carbons (Fsp3) is 0.333. The molecule has 1 aromatic carbocycles. The first-order chi connectivity index (χ1) is 7.44. The first kappa shape index (κ1) is 12.6. The molecule has 0 fully saturated rings. The largest absolute Gasteiger partial charge is 0.495 e.